The molecular formula is C24H28N2O2. The largest absolute Gasteiger partial charge is 0.336 e. The number of nitrogens with zero attached hydrogens (tertiary/aromatic N) is 1. The molecular weight excluding hydrogens is 348 g/mol. The Kier molecular flexibility index (Phi) is 6.30. The first-order valence-electron chi connectivity index (χ1n) is 9.92. The van der Waals surface area contributed by atoms with Gasteiger partial charge in [-0.25, -0.2) is 0 Å². The molecule has 0 radical (unpaired) electrons. The minimum atomic E-state index is -0.173. The van der Waals surface area contributed by atoms with Crippen LogP contribution in [0.25, 0.3) is 5.57 Å². The van der Waals surface area contributed by atoms with E-state index in [-0.39, 0.29) is 17.9 Å². The lowest BCUT2D eigenvalue weighted by molar-refractivity contribution is -0.111. The van der Waals surface area contributed by atoms with Crippen LogP contribution in [-0.4, -0.2) is 29.3 Å². The van der Waals surface area contributed by atoms with E-state index >= 15 is 0 Å². The average molecular weight is 377 g/mol. The van der Waals surface area contributed by atoms with Crippen LogP contribution in [0.1, 0.15) is 54.6 Å². The predicted molar refractivity (Wildman–Crippen MR) is 114 cm³/mol. The molecule has 3 rings (SSSR count). The van der Waals surface area contributed by atoms with Gasteiger partial charge < -0.3 is 10.2 Å². The van der Waals surface area contributed by atoms with Gasteiger partial charge in [-0.2, -0.15) is 0 Å². The lowest BCUT2D eigenvalue weighted by Gasteiger charge is -2.33. The fraction of sp³-hybridized carbons (Fsp3) is 0.333. The zero-order valence-electron chi connectivity index (χ0n) is 16.9. The molecule has 4 nitrogen and oxygen atoms in total. The van der Waals surface area contributed by atoms with Crippen LogP contribution < -0.4 is 5.32 Å². The van der Waals surface area contributed by atoms with Crippen molar-refractivity contribution >= 4 is 23.1 Å². The van der Waals surface area contributed by atoms with Crippen molar-refractivity contribution in [1.29, 1.82) is 0 Å². The van der Waals surface area contributed by atoms with E-state index in [2.05, 4.69) is 12.2 Å². The van der Waals surface area contributed by atoms with Crippen molar-refractivity contribution in [3.63, 3.8) is 0 Å². The number of carbonyl (C=O) groups excluding carboxylic acids is 2. The Morgan fingerprint density at radius 2 is 1.82 bits per heavy atom. The lowest BCUT2D eigenvalue weighted by Crippen LogP contribution is -2.42. The summed E-state index contributed by atoms with van der Waals surface area (Å²) in [5.74, 6) is -0.0961. The zero-order valence-corrected chi connectivity index (χ0v) is 16.9. The average Bonchev–Trinajstić information content (AvgIpc) is 2.70. The van der Waals surface area contributed by atoms with Crippen molar-refractivity contribution in [3.8, 4) is 0 Å². The summed E-state index contributed by atoms with van der Waals surface area (Å²) in [5, 5.41) is 2.93. The summed E-state index contributed by atoms with van der Waals surface area (Å²) >= 11 is 0. The van der Waals surface area contributed by atoms with Gasteiger partial charge in [0.25, 0.3) is 5.91 Å². The Morgan fingerprint density at radius 3 is 2.50 bits per heavy atom. The van der Waals surface area contributed by atoms with Gasteiger partial charge in [-0.3, -0.25) is 9.59 Å². The second kappa shape index (κ2) is 8.87. The quantitative estimate of drug-likeness (QED) is 0.759. The molecule has 1 N–H and O–H groups in total. The first kappa shape index (κ1) is 19.9. The maximum Gasteiger partial charge on any atom is 0.254 e. The number of hydrogen-bond donors (Lipinski definition) is 1. The van der Waals surface area contributed by atoms with Gasteiger partial charge in [0.15, 0.2) is 0 Å². The summed E-state index contributed by atoms with van der Waals surface area (Å²) in [5.41, 5.74) is 4.22. The van der Waals surface area contributed by atoms with E-state index in [1.54, 1.807) is 12.1 Å². The van der Waals surface area contributed by atoms with E-state index in [0.29, 0.717) is 5.56 Å². The van der Waals surface area contributed by atoms with Crippen LogP contribution in [0.4, 0.5) is 5.69 Å². The summed E-state index contributed by atoms with van der Waals surface area (Å²) in [4.78, 5) is 27.2. The Morgan fingerprint density at radius 1 is 1.07 bits per heavy atom. The van der Waals surface area contributed by atoms with Crippen LogP contribution >= 0.6 is 0 Å². The molecule has 1 saturated heterocycles. The topological polar surface area (TPSA) is 49.4 Å². The third-order valence-corrected chi connectivity index (χ3v) is 5.37. The zero-order chi connectivity index (χ0) is 20.1. The number of benzene rings is 2. The Labute approximate surface area is 167 Å². The molecule has 1 aliphatic rings. The fourth-order valence-corrected chi connectivity index (χ4v) is 3.65. The van der Waals surface area contributed by atoms with Crippen LogP contribution in [0.5, 0.6) is 0 Å². The molecule has 146 valence electrons. The Hall–Kier alpha value is -2.88. The maximum absolute atomic E-state index is 12.8. The minimum absolute atomic E-state index is 0.0768. The molecule has 2 aromatic rings. The molecule has 0 bridgehead atoms. The summed E-state index contributed by atoms with van der Waals surface area (Å²) in [7, 11) is 0. The molecule has 1 aliphatic heterocycles. The maximum atomic E-state index is 12.8. The number of aryl methyl sites for hydroxylation is 1. The van der Waals surface area contributed by atoms with Crippen molar-refractivity contribution in [2.45, 2.75) is 46.1 Å². The molecule has 1 atom stereocenters. The third-order valence-electron chi connectivity index (χ3n) is 5.37. The monoisotopic (exact) mass is 376 g/mol. The second-order valence-electron chi connectivity index (χ2n) is 7.56. The molecule has 1 heterocycles. The molecule has 1 fully saturated rings. The number of nitrogens with one attached hydrogen (secondary N) is 1. The molecule has 28 heavy (non-hydrogen) atoms. The van der Waals surface area contributed by atoms with Gasteiger partial charge in [-0.15, -0.1) is 0 Å². The van der Waals surface area contributed by atoms with Crippen molar-refractivity contribution in [2.24, 2.45) is 0 Å². The second-order valence-corrected chi connectivity index (χ2v) is 7.56. The van der Waals surface area contributed by atoms with Gasteiger partial charge in [0.1, 0.15) is 0 Å². The molecule has 0 spiro atoms. The third kappa shape index (κ3) is 4.69. The molecule has 0 aliphatic carbocycles. The van der Waals surface area contributed by atoms with E-state index in [0.717, 1.165) is 41.8 Å². The van der Waals surface area contributed by atoms with Crippen LogP contribution in [0.3, 0.4) is 0 Å². The number of likely N-dealkylation sites (tertiary alicyclic amines) is 1. The first-order valence-corrected chi connectivity index (χ1v) is 9.92. The SMILES string of the molecule is C/C(=C\C(=O)Nc1ccc(C(=O)N2CCCCC2C)cc1C)c1ccccc1. The Bertz CT molecular complexity index is 887. The van der Waals surface area contributed by atoms with Gasteiger partial charge in [0.05, 0.1) is 0 Å². The van der Waals surface area contributed by atoms with Gasteiger partial charge in [-0.1, -0.05) is 30.3 Å². The number of rotatable bonds is 4. The van der Waals surface area contributed by atoms with Gasteiger partial charge in [0.2, 0.25) is 5.91 Å². The summed E-state index contributed by atoms with van der Waals surface area (Å²) in [6.45, 7) is 6.77. The number of anilines is 1. The van der Waals surface area contributed by atoms with E-state index in [1.807, 2.05) is 61.2 Å². The summed E-state index contributed by atoms with van der Waals surface area (Å²) < 4.78 is 0. The molecule has 0 saturated carbocycles. The molecule has 1 unspecified atom stereocenters. The first-order chi connectivity index (χ1) is 13.5. The highest BCUT2D eigenvalue weighted by molar-refractivity contribution is 6.04. The predicted octanol–water partition coefficient (Wildman–Crippen LogP) is 5.05. The number of piperidine rings is 1. The lowest BCUT2D eigenvalue weighted by atomic mass is 10.0. The van der Waals surface area contributed by atoms with Crippen molar-refractivity contribution in [3.05, 3.63) is 71.3 Å². The number of carbonyl (C=O) groups is 2. The highest BCUT2D eigenvalue weighted by atomic mass is 16.2. The van der Waals surface area contributed by atoms with E-state index in [9.17, 15) is 9.59 Å². The van der Waals surface area contributed by atoms with Crippen molar-refractivity contribution in [1.82, 2.24) is 4.90 Å². The van der Waals surface area contributed by atoms with Crippen LogP contribution in [0.15, 0.2) is 54.6 Å². The van der Waals surface area contributed by atoms with Crippen molar-refractivity contribution in [2.75, 3.05) is 11.9 Å². The van der Waals surface area contributed by atoms with Gasteiger partial charge >= 0.3 is 0 Å². The number of amides is 2. The van der Waals surface area contributed by atoms with Crippen LogP contribution in [0, 0.1) is 6.92 Å². The summed E-state index contributed by atoms with van der Waals surface area (Å²) in [6, 6.07) is 15.6. The van der Waals surface area contributed by atoms with E-state index in [4.69, 9.17) is 0 Å². The number of allylic oxidation sites excluding steroid dienone is 1. The Balaban J connectivity index is 1.70. The normalized spacial score (nSPS) is 17.3. The smallest absolute Gasteiger partial charge is 0.254 e. The van der Waals surface area contributed by atoms with Gasteiger partial charge in [0, 0.05) is 29.9 Å². The van der Waals surface area contributed by atoms with Gasteiger partial charge in [-0.05, 0) is 74.9 Å². The standard InChI is InChI=1S/C24H28N2O2/c1-17(20-10-5-4-6-11-20)16-23(27)25-22-13-12-21(15-18(22)2)24(28)26-14-8-7-9-19(26)3/h4-6,10-13,15-16,19H,7-9,14H2,1-3H3,(H,25,27)/b17-16+. The molecule has 2 aromatic carbocycles. The number of hydrogen-bond acceptors (Lipinski definition) is 2. The molecule has 2 amide bonds. The van der Waals surface area contributed by atoms with Crippen molar-refractivity contribution < 1.29 is 9.59 Å². The van der Waals surface area contributed by atoms with Crippen LogP contribution in [-0.2, 0) is 4.79 Å². The molecule has 0 aromatic heterocycles. The minimum Gasteiger partial charge on any atom is -0.336 e. The fourth-order valence-electron chi connectivity index (χ4n) is 3.65. The summed E-state index contributed by atoms with van der Waals surface area (Å²) in [6.07, 6.45) is 4.91. The van der Waals surface area contributed by atoms with E-state index < -0.39 is 0 Å². The highest BCUT2D eigenvalue weighted by Gasteiger charge is 2.24. The van der Waals surface area contributed by atoms with E-state index in [1.165, 1.54) is 6.42 Å². The van der Waals surface area contributed by atoms with Crippen LogP contribution in [0.2, 0.25) is 0 Å². The molecule has 4 heteroatoms. The highest BCUT2D eigenvalue weighted by Crippen LogP contribution is 2.22.